The normalized spacial score (nSPS) is 16.6. The monoisotopic (exact) mass is 411 g/mol. The van der Waals surface area contributed by atoms with Crippen LogP contribution in [0.2, 0.25) is 0 Å². The Balaban J connectivity index is 1.80. The van der Waals surface area contributed by atoms with Gasteiger partial charge in [-0.25, -0.2) is 4.98 Å². The van der Waals surface area contributed by atoms with Crippen LogP contribution in [0.25, 0.3) is 22.3 Å². The number of halogens is 3. The van der Waals surface area contributed by atoms with Crippen LogP contribution in [0.5, 0.6) is 0 Å². The Morgan fingerprint density at radius 1 is 1.23 bits per heavy atom. The van der Waals surface area contributed by atoms with Crippen molar-refractivity contribution in [2.45, 2.75) is 18.6 Å². The third-order valence-corrected chi connectivity index (χ3v) is 5.15. The second kappa shape index (κ2) is 7.30. The van der Waals surface area contributed by atoms with Crippen LogP contribution in [0.15, 0.2) is 49.1 Å². The van der Waals surface area contributed by atoms with E-state index in [-0.39, 0.29) is 17.6 Å². The molecule has 1 atom stereocenters. The zero-order valence-corrected chi connectivity index (χ0v) is 15.7. The number of amides is 1. The molecule has 4 rings (SSSR count). The number of hydrogen-bond donors (Lipinski definition) is 0. The second-order valence-electron chi connectivity index (χ2n) is 6.98. The molecule has 2 aromatic heterocycles. The van der Waals surface area contributed by atoms with E-state index in [2.05, 4.69) is 16.7 Å². The minimum absolute atomic E-state index is 0.116. The SMILES string of the molecule is C=CC(=O)N1CCC(n2nc(-c3ccc(C(F)(F)F)cc3)c3nc(C#N)ccc32)C1. The first-order chi connectivity index (χ1) is 14.3. The summed E-state index contributed by atoms with van der Waals surface area (Å²) in [7, 11) is 0. The summed E-state index contributed by atoms with van der Waals surface area (Å²) in [6, 6.07) is 9.83. The molecule has 30 heavy (non-hydrogen) atoms. The van der Waals surface area contributed by atoms with Gasteiger partial charge in [0, 0.05) is 18.7 Å². The Morgan fingerprint density at radius 3 is 2.60 bits per heavy atom. The van der Waals surface area contributed by atoms with E-state index in [1.807, 2.05) is 6.07 Å². The largest absolute Gasteiger partial charge is 0.416 e. The maximum absolute atomic E-state index is 12.9. The summed E-state index contributed by atoms with van der Waals surface area (Å²) < 4.78 is 40.5. The first-order valence-corrected chi connectivity index (χ1v) is 9.20. The van der Waals surface area contributed by atoms with E-state index in [1.54, 1.807) is 21.7 Å². The van der Waals surface area contributed by atoms with Gasteiger partial charge in [0.25, 0.3) is 0 Å². The highest BCUT2D eigenvalue weighted by Gasteiger charge is 2.31. The first kappa shape index (κ1) is 19.6. The summed E-state index contributed by atoms with van der Waals surface area (Å²) in [6.45, 7) is 4.50. The Hall–Kier alpha value is -3.67. The molecular formula is C21H16F3N5O. The third kappa shape index (κ3) is 3.41. The van der Waals surface area contributed by atoms with Gasteiger partial charge in [-0.05, 0) is 36.8 Å². The van der Waals surface area contributed by atoms with Crippen LogP contribution in [-0.4, -0.2) is 38.7 Å². The van der Waals surface area contributed by atoms with Crippen LogP contribution in [0.3, 0.4) is 0 Å². The van der Waals surface area contributed by atoms with Gasteiger partial charge < -0.3 is 4.90 Å². The van der Waals surface area contributed by atoms with Gasteiger partial charge in [0.1, 0.15) is 23.0 Å². The van der Waals surface area contributed by atoms with E-state index in [9.17, 15) is 23.2 Å². The lowest BCUT2D eigenvalue weighted by atomic mass is 10.1. The lowest BCUT2D eigenvalue weighted by Gasteiger charge is -2.15. The molecular weight excluding hydrogens is 395 g/mol. The van der Waals surface area contributed by atoms with E-state index in [4.69, 9.17) is 0 Å². The molecule has 152 valence electrons. The highest BCUT2D eigenvalue weighted by Crippen LogP contribution is 2.34. The maximum Gasteiger partial charge on any atom is 0.416 e. The molecule has 1 aromatic carbocycles. The van der Waals surface area contributed by atoms with Crippen molar-refractivity contribution in [3.63, 3.8) is 0 Å². The fourth-order valence-electron chi connectivity index (χ4n) is 3.64. The van der Waals surface area contributed by atoms with E-state index in [1.165, 1.54) is 18.2 Å². The van der Waals surface area contributed by atoms with Crippen molar-refractivity contribution in [3.8, 4) is 17.3 Å². The predicted octanol–water partition coefficient (Wildman–Crippen LogP) is 3.95. The molecule has 0 N–H and O–H groups in total. The first-order valence-electron chi connectivity index (χ1n) is 9.20. The zero-order chi connectivity index (χ0) is 21.5. The minimum Gasteiger partial charge on any atom is -0.337 e. The number of likely N-dealkylation sites (tertiary alicyclic amines) is 1. The van der Waals surface area contributed by atoms with Gasteiger partial charge in [0.05, 0.1) is 17.1 Å². The maximum atomic E-state index is 12.9. The molecule has 0 radical (unpaired) electrons. The Labute approximate surface area is 169 Å². The molecule has 1 aliphatic heterocycles. The molecule has 6 nitrogen and oxygen atoms in total. The van der Waals surface area contributed by atoms with E-state index < -0.39 is 11.7 Å². The van der Waals surface area contributed by atoms with Gasteiger partial charge in [-0.1, -0.05) is 18.7 Å². The summed E-state index contributed by atoms with van der Waals surface area (Å²) >= 11 is 0. The molecule has 0 spiro atoms. The summed E-state index contributed by atoms with van der Waals surface area (Å²) in [5, 5.41) is 13.8. The predicted molar refractivity (Wildman–Crippen MR) is 103 cm³/mol. The van der Waals surface area contributed by atoms with E-state index in [0.717, 1.165) is 12.1 Å². The Kier molecular flexibility index (Phi) is 4.78. The molecule has 9 heteroatoms. The van der Waals surface area contributed by atoms with Gasteiger partial charge in [-0.2, -0.15) is 23.5 Å². The zero-order valence-electron chi connectivity index (χ0n) is 15.7. The number of benzene rings is 1. The molecule has 0 saturated carbocycles. The lowest BCUT2D eigenvalue weighted by molar-refractivity contribution is -0.137. The number of nitrogens with zero attached hydrogens (tertiary/aromatic N) is 5. The van der Waals surface area contributed by atoms with Crippen LogP contribution in [0.4, 0.5) is 13.2 Å². The van der Waals surface area contributed by atoms with E-state index >= 15 is 0 Å². The van der Waals surface area contributed by atoms with Gasteiger partial charge in [0.2, 0.25) is 5.91 Å². The number of pyridine rings is 1. The number of carbonyl (C=O) groups is 1. The van der Waals surface area contributed by atoms with Crippen molar-refractivity contribution in [2.75, 3.05) is 13.1 Å². The van der Waals surface area contributed by atoms with Gasteiger partial charge in [-0.3, -0.25) is 9.48 Å². The third-order valence-electron chi connectivity index (χ3n) is 5.15. The fourth-order valence-corrected chi connectivity index (χ4v) is 3.64. The van der Waals surface area contributed by atoms with Crippen molar-refractivity contribution in [1.82, 2.24) is 19.7 Å². The van der Waals surface area contributed by atoms with Crippen molar-refractivity contribution in [3.05, 3.63) is 60.3 Å². The molecule has 0 aliphatic carbocycles. The molecule has 1 aliphatic rings. The Morgan fingerprint density at radius 2 is 1.97 bits per heavy atom. The van der Waals surface area contributed by atoms with Gasteiger partial charge >= 0.3 is 6.18 Å². The molecule has 1 saturated heterocycles. The Bertz CT molecular complexity index is 1170. The standard InChI is InChI=1S/C21H16F3N5O/c1-2-18(30)28-10-9-16(12-28)29-17-8-7-15(11-25)26-20(17)19(27-29)13-3-5-14(6-4-13)21(22,23)24/h2-8,16H,1,9-10,12H2. The summed E-state index contributed by atoms with van der Waals surface area (Å²) in [5.41, 5.74) is 1.37. The number of carbonyl (C=O) groups excluding carboxylic acids is 1. The van der Waals surface area contributed by atoms with Crippen molar-refractivity contribution < 1.29 is 18.0 Å². The summed E-state index contributed by atoms with van der Waals surface area (Å²) in [4.78, 5) is 17.9. The molecule has 3 aromatic rings. The highest BCUT2D eigenvalue weighted by atomic mass is 19.4. The summed E-state index contributed by atoms with van der Waals surface area (Å²) in [5.74, 6) is -0.165. The van der Waals surface area contributed by atoms with Crippen LogP contribution in [-0.2, 0) is 11.0 Å². The van der Waals surface area contributed by atoms with Crippen LogP contribution < -0.4 is 0 Å². The van der Waals surface area contributed by atoms with E-state index in [0.29, 0.717) is 41.8 Å². The van der Waals surface area contributed by atoms with Crippen molar-refractivity contribution >= 4 is 16.9 Å². The number of nitriles is 1. The quantitative estimate of drug-likeness (QED) is 0.612. The van der Waals surface area contributed by atoms with Crippen LogP contribution >= 0.6 is 0 Å². The number of hydrogen-bond acceptors (Lipinski definition) is 4. The molecule has 1 unspecified atom stereocenters. The molecule has 1 amide bonds. The topological polar surface area (TPSA) is 74.8 Å². The number of alkyl halides is 3. The lowest BCUT2D eigenvalue weighted by Crippen LogP contribution is -2.27. The number of fused-ring (bicyclic) bond motifs is 1. The minimum atomic E-state index is -4.43. The van der Waals surface area contributed by atoms with Gasteiger partial charge in [0.15, 0.2) is 0 Å². The van der Waals surface area contributed by atoms with Gasteiger partial charge in [-0.15, -0.1) is 0 Å². The average molecular weight is 411 g/mol. The highest BCUT2D eigenvalue weighted by molar-refractivity contribution is 5.90. The smallest absolute Gasteiger partial charge is 0.337 e. The molecule has 0 bridgehead atoms. The van der Waals surface area contributed by atoms with Crippen LogP contribution in [0.1, 0.15) is 23.7 Å². The number of rotatable bonds is 3. The number of aromatic nitrogens is 3. The van der Waals surface area contributed by atoms with Crippen LogP contribution in [0, 0.1) is 11.3 Å². The molecule has 3 heterocycles. The summed E-state index contributed by atoms with van der Waals surface area (Å²) in [6.07, 6.45) is -2.50. The second-order valence-corrected chi connectivity index (χ2v) is 6.98. The fraction of sp³-hybridized carbons (Fsp3) is 0.238. The van der Waals surface area contributed by atoms with Crippen molar-refractivity contribution in [1.29, 1.82) is 5.26 Å². The van der Waals surface area contributed by atoms with Crippen molar-refractivity contribution in [2.24, 2.45) is 0 Å². The average Bonchev–Trinajstić information content (AvgIpc) is 3.37. The molecule has 1 fully saturated rings.